The summed E-state index contributed by atoms with van der Waals surface area (Å²) < 4.78 is 18.9. The van der Waals surface area contributed by atoms with E-state index >= 15 is 0 Å². The van der Waals surface area contributed by atoms with Crippen LogP contribution in [0.1, 0.15) is 44.1 Å². The molecule has 0 aliphatic heterocycles. The molecule has 2 rings (SSSR count). The van der Waals surface area contributed by atoms with E-state index in [-0.39, 0.29) is 18.0 Å². The van der Waals surface area contributed by atoms with Crippen LogP contribution in [0.25, 0.3) is 0 Å². The van der Waals surface area contributed by atoms with Crippen molar-refractivity contribution >= 4 is 5.78 Å². The van der Waals surface area contributed by atoms with Crippen LogP contribution >= 0.6 is 0 Å². The molecule has 0 radical (unpaired) electrons. The van der Waals surface area contributed by atoms with Crippen LogP contribution in [0.5, 0.6) is 5.75 Å². The van der Waals surface area contributed by atoms with E-state index in [1.807, 2.05) is 0 Å². The van der Waals surface area contributed by atoms with E-state index in [9.17, 15) is 9.18 Å². The van der Waals surface area contributed by atoms with Crippen LogP contribution in [-0.2, 0) is 11.2 Å². The van der Waals surface area contributed by atoms with Crippen molar-refractivity contribution < 1.29 is 13.9 Å². The van der Waals surface area contributed by atoms with Crippen LogP contribution in [0.4, 0.5) is 4.39 Å². The van der Waals surface area contributed by atoms with Gasteiger partial charge in [-0.25, -0.2) is 4.39 Å². The molecule has 1 saturated carbocycles. The summed E-state index contributed by atoms with van der Waals surface area (Å²) in [4.78, 5) is 12.0. The van der Waals surface area contributed by atoms with Gasteiger partial charge >= 0.3 is 0 Å². The van der Waals surface area contributed by atoms with E-state index in [1.54, 1.807) is 18.2 Å². The van der Waals surface area contributed by atoms with Gasteiger partial charge in [0, 0.05) is 12.8 Å². The maximum Gasteiger partial charge on any atom is 0.168 e. The number of rotatable bonds is 5. The third-order valence-electron chi connectivity index (χ3n) is 3.89. The van der Waals surface area contributed by atoms with Gasteiger partial charge in [0.05, 0.1) is 7.11 Å². The maximum atomic E-state index is 13.9. The molecular weight excluding hydrogens is 243 g/mol. The Morgan fingerprint density at radius 1 is 1.32 bits per heavy atom. The van der Waals surface area contributed by atoms with Gasteiger partial charge in [0.1, 0.15) is 5.78 Å². The molecule has 0 spiro atoms. The summed E-state index contributed by atoms with van der Waals surface area (Å²) in [5, 5.41) is 0. The second kappa shape index (κ2) is 6.69. The summed E-state index contributed by atoms with van der Waals surface area (Å²) in [5.74, 6) is 0.457. The Kier molecular flexibility index (Phi) is 4.94. The molecule has 1 aromatic rings. The SMILES string of the molecule is COc1cccc(CC(=O)CC2CCCCC2)c1F. The van der Waals surface area contributed by atoms with Crippen molar-refractivity contribution in [2.24, 2.45) is 5.92 Å². The third kappa shape index (κ3) is 3.79. The number of Topliss-reactive ketones (excluding diaryl/α,β-unsaturated/α-hetero) is 1. The molecule has 0 heterocycles. The predicted molar refractivity (Wildman–Crippen MR) is 72.9 cm³/mol. The first-order chi connectivity index (χ1) is 9.20. The van der Waals surface area contributed by atoms with Gasteiger partial charge in [-0.05, 0) is 17.5 Å². The molecule has 1 fully saturated rings. The van der Waals surface area contributed by atoms with Crippen LogP contribution in [0.15, 0.2) is 18.2 Å². The average Bonchev–Trinajstić information content (AvgIpc) is 2.42. The molecule has 1 aromatic carbocycles. The molecule has 104 valence electrons. The fraction of sp³-hybridized carbons (Fsp3) is 0.562. The number of carbonyl (C=O) groups is 1. The second-order valence-corrected chi connectivity index (χ2v) is 5.36. The van der Waals surface area contributed by atoms with Crippen molar-refractivity contribution in [2.45, 2.75) is 44.9 Å². The van der Waals surface area contributed by atoms with Gasteiger partial charge in [0.2, 0.25) is 0 Å². The van der Waals surface area contributed by atoms with Crippen molar-refractivity contribution in [1.82, 2.24) is 0 Å². The number of hydrogen-bond donors (Lipinski definition) is 0. The van der Waals surface area contributed by atoms with Crippen molar-refractivity contribution in [1.29, 1.82) is 0 Å². The van der Waals surface area contributed by atoms with Gasteiger partial charge in [-0.3, -0.25) is 4.79 Å². The first-order valence-electron chi connectivity index (χ1n) is 7.03. The lowest BCUT2D eigenvalue weighted by molar-refractivity contribution is -0.119. The monoisotopic (exact) mass is 264 g/mol. The van der Waals surface area contributed by atoms with Crippen molar-refractivity contribution in [3.05, 3.63) is 29.6 Å². The minimum absolute atomic E-state index is 0.138. The average molecular weight is 264 g/mol. The number of ketones is 1. The zero-order valence-corrected chi connectivity index (χ0v) is 11.5. The fourth-order valence-electron chi connectivity index (χ4n) is 2.85. The molecule has 19 heavy (non-hydrogen) atoms. The quantitative estimate of drug-likeness (QED) is 0.805. The van der Waals surface area contributed by atoms with E-state index in [4.69, 9.17) is 4.74 Å². The molecule has 1 aliphatic carbocycles. The molecule has 0 unspecified atom stereocenters. The van der Waals surface area contributed by atoms with Crippen LogP contribution < -0.4 is 4.74 Å². The van der Waals surface area contributed by atoms with Crippen LogP contribution in [0, 0.1) is 11.7 Å². The molecule has 0 N–H and O–H groups in total. The predicted octanol–water partition coefficient (Wildman–Crippen LogP) is 3.92. The summed E-state index contributed by atoms with van der Waals surface area (Å²) in [6.45, 7) is 0. The van der Waals surface area contributed by atoms with Crippen LogP contribution in [-0.4, -0.2) is 12.9 Å². The lowest BCUT2D eigenvalue weighted by Gasteiger charge is -2.20. The second-order valence-electron chi connectivity index (χ2n) is 5.36. The highest BCUT2D eigenvalue weighted by molar-refractivity contribution is 5.81. The molecule has 0 bridgehead atoms. The molecule has 2 nitrogen and oxygen atoms in total. The number of methoxy groups -OCH3 is 1. The fourth-order valence-corrected chi connectivity index (χ4v) is 2.85. The van der Waals surface area contributed by atoms with Crippen molar-refractivity contribution in [3.63, 3.8) is 0 Å². The van der Waals surface area contributed by atoms with Gasteiger partial charge in [-0.2, -0.15) is 0 Å². The zero-order chi connectivity index (χ0) is 13.7. The number of carbonyl (C=O) groups excluding carboxylic acids is 1. The largest absolute Gasteiger partial charge is 0.494 e. The smallest absolute Gasteiger partial charge is 0.168 e. The minimum Gasteiger partial charge on any atom is -0.494 e. The highest BCUT2D eigenvalue weighted by atomic mass is 19.1. The Labute approximate surface area is 114 Å². The van der Waals surface area contributed by atoms with Gasteiger partial charge in [-0.1, -0.05) is 44.2 Å². The number of benzene rings is 1. The van der Waals surface area contributed by atoms with Crippen molar-refractivity contribution in [2.75, 3.05) is 7.11 Å². The van der Waals surface area contributed by atoms with E-state index in [0.29, 0.717) is 17.9 Å². The Bertz CT molecular complexity index is 436. The Morgan fingerprint density at radius 3 is 2.74 bits per heavy atom. The minimum atomic E-state index is -0.401. The van der Waals surface area contributed by atoms with Crippen LogP contribution in [0.2, 0.25) is 0 Å². The summed E-state index contributed by atoms with van der Waals surface area (Å²) in [6.07, 6.45) is 6.81. The van der Waals surface area contributed by atoms with Gasteiger partial charge in [-0.15, -0.1) is 0 Å². The van der Waals surface area contributed by atoms with Gasteiger partial charge in [0.15, 0.2) is 11.6 Å². The third-order valence-corrected chi connectivity index (χ3v) is 3.89. The number of ether oxygens (including phenoxy) is 1. The summed E-state index contributed by atoms with van der Waals surface area (Å²) in [7, 11) is 1.44. The molecule has 0 aromatic heterocycles. The number of halogens is 1. The summed E-state index contributed by atoms with van der Waals surface area (Å²) >= 11 is 0. The van der Waals surface area contributed by atoms with Gasteiger partial charge in [0.25, 0.3) is 0 Å². The van der Waals surface area contributed by atoms with Gasteiger partial charge < -0.3 is 4.74 Å². The summed E-state index contributed by atoms with van der Waals surface area (Å²) in [5.41, 5.74) is 0.445. The Morgan fingerprint density at radius 2 is 2.05 bits per heavy atom. The molecule has 3 heteroatoms. The molecular formula is C16H21FO2. The number of hydrogen-bond acceptors (Lipinski definition) is 2. The maximum absolute atomic E-state index is 13.9. The highest BCUT2D eigenvalue weighted by Gasteiger charge is 2.18. The molecule has 0 amide bonds. The molecule has 1 aliphatic rings. The first-order valence-corrected chi connectivity index (χ1v) is 7.03. The normalized spacial score (nSPS) is 16.3. The Balaban J connectivity index is 1.94. The Hall–Kier alpha value is -1.38. The standard InChI is InChI=1S/C16H21FO2/c1-19-15-9-5-8-13(16(15)17)11-14(18)10-12-6-3-2-4-7-12/h5,8-9,12H,2-4,6-7,10-11H2,1H3. The first kappa shape index (κ1) is 14.0. The lowest BCUT2D eigenvalue weighted by Crippen LogP contribution is -2.14. The molecule has 0 atom stereocenters. The lowest BCUT2D eigenvalue weighted by atomic mass is 9.85. The van der Waals surface area contributed by atoms with E-state index in [0.717, 1.165) is 12.8 Å². The van der Waals surface area contributed by atoms with Crippen LogP contribution in [0.3, 0.4) is 0 Å². The molecule has 0 saturated heterocycles. The highest BCUT2D eigenvalue weighted by Crippen LogP contribution is 2.27. The topological polar surface area (TPSA) is 26.3 Å². The van der Waals surface area contributed by atoms with E-state index in [2.05, 4.69) is 0 Å². The van der Waals surface area contributed by atoms with E-state index < -0.39 is 5.82 Å². The van der Waals surface area contributed by atoms with Crippen molar-refractivity contribution in [3.8, 4) is 5.75 Å². The zero-order valence-electron chi connectivity index (χ0n) is 11.5. The summed E-state index contributed by atoms with van der Waals surface area (Å²) in [6, 6.07) is 4.96. The van der Waals surface area contributed by atoms with E-state index in [1.165, 1.54) is 26.4 Å².